The number of nitrogens with zero attached hydrogens (tertiary/aromatic N) is 1. The number of hydrogen-bond acceptors (Lipinski definition) is 2. The van der Waals surface area contributed by atoms with Gasteiger partial charge in [-0.15, -0.1) is 0 Å². The summed E-state index contributed by atoms with van der Waals surface area (Å²) in [6, 6.07) is 6.06. The third kappa shape index (κ3) is 1.40. The van der Waals surface area contributed by atoms with Crippen molar-refractivity contribution in [3.05, 3.63) is 29.6 Å². The quantitative estimate of drug-likeness (QED) is 0.760. The van der Waals surface area contributed by atoms with Crippen molar-refractivity contribution in [2.45, 2.75) is 26.3 Å². The second-order valence-corrected chi connectivity index (χ2v) is 3.79. The Morgan fingerprint density at radius 3 is 2.86 bits per heavy atom. The van der Waals surface area contributed by atoms with Gasteiger partial charge in [0.1, 0.15) is 5.82 Å². The molecule has 1 heterocycles. The van der Waals surface area contributed by atoms with Gasteiger partial charge in [0.15, 0.2) is 0 Å². The molecule has 0 bridgehead atoms. The third-order valence-electron chi connectivity index (χ3n) is 2.38. The SMILES string of the molecule is CC(C)c1nc2c(CN)cccc2[nH]1. The van der Waals surface area contributed by atoms with Gasteiger partial charge in [-0.2, -0.15) is 0 Å². The van der Waals surface area contributed by atoms with Gasteiger partial charge in [0.2, 0.25) is 0 Å². The summed E-state index contributed by atoms with van der Waals surface area (Å²) in [7, 11) is 0. The zero-order valence-corrected chi connectivity index (χ0v) is 8.54. The first-order valence-electron chi connectivity index (χ1n) is 4.90. The normalized spacial score (nSPS) is 11.4. The summed E-state index contributed by atoms with van der Waals surface area (Å²) in [6.45, 7) is 4.79. The average molecular weight is 189 g/mol. The van der Waals surface area contributed by atoms with Crippen molar-refractivity contribution in [1.82, 2.24) is 9.97 Å². The Morgan fingerprint density at radius 1 is 1.43 bits per heavy atom. The molecule has 0 saturated carbocycles. The minimum absolute atomic E-state index is 0.424. The highest BCUT2D eigenvalue weighted by Gasteiger charge is 2.08. The minimum atomic E-state index is 0.424. The molecule has 0 aliphatic carbocycles. The molecule has 0 radical (unpaired) electrons. The van der Waals surface area contributed by atoms with Crippen molar-refractivity contribution in [3.63, 3.8) is 0 Å². The van der Waals surface area contributed by atoms with Crippen molar-refractivity contribution >= 4 is 11.0 Å². The molecule has 0 amide bonds. The van der Waals surface area contributed by atoms with E-state index in [0.717, 1.165) is 22.4 Å². The zero-order chi connectivity index (χ0) is 10.1. The topological polar surface area (TPSA) is 54.7 Å². The maximum Gasteiger partial charge on any atom is 0.109 e. The smallest absolute Gasteiger partial charge is 0.109 e. The van der Waals surface area contributed by atoms with E-state index in [1.807, 2.05) is 18.2 Å². The van der Waals surface area contributed by atoms with Crippen LogP contribution >= 0.6 is 0 Å². The number of H-pyrrole nitrogens is 1. The molecule has 0 aliphatic rings. The molecule has 2 aromatic rings. The summed E-state index contributed by atoms with van der Waals surface area (Å²) in [5.74, 6) is 1.45. The van der Waals surface area contributed by atoms with E-state index in [4.69, 9.17) is 5.73 Å². The highest BCUT2D eigenvalue weighted by atomic mass is 14.9. The number of imidazole rings is 1. The van der Waals surface area contributed by atoms with Crippen LogP contribution in [0.3, 0.4) is 0 Å². The van der Waals surface area contributed by atoms with Crippen LogP contribution in [-0.4, -0.2) is 9.97 Å². The second-order valence-electron chi connectivity index (χ2n) is 3.79. The van der Waals surface area contributed by atoms with Crippen LogP contribution in [-0.2, 0) is 6.54 Å². The lowest BCUT2D eigenvalue weighted by molar-refractivity contribution is 0.798. The van der Waals surface area contributed by atoms with Crippen LogP contribution in [0.5, 0.6) is 0 Å². The number of hydrogen-bond donors (Lipinski definition) is 2. The number of benzene rings is 1. The number of rotatable bonds is 2. The van der Waals surface area contributed by atoms with Crippen LogP contribution in [0.25, 0.3) is 11.0 Å². The average Bonchev–Trinajstić information content (AvgIpc) is 2.60. The van der Waals surface area contributed by atoms with E-state index in [1.165, 1.54) is 0 Å². The zero-order valence-electron chi connectivity index (χ0n) is 8.54. The molecule has 1 aromatic heterocycles. The van der Waals surface area contributed by atoms with Crippen LogP contribution in [0.4, 0.5) is 0 Å². The van der Waals surface area contributed by atoms with Gasteiger partial charge in [-0.25, -0.2) is 4.98 Å². The fraction of sp³-hybridized carbons (Fsp3) is 0.364. The lowest BCUT2D eigenvalue weighted by atomic mass is 10.2. The Kier molecular flexibility index (Phi) is 2.25. The number of aromatic nitrogens is 2. The summed E-state index contributed by atoms with van der Waals surface area (Å²) < 4.78 is 0. The summed E-state index contributed by atoms with van der Waals surface area (Å²) in [4.78, 5) is 7.85. The summed E-state index contributed by atoms with van der Waals surface area (Å²) >= 11 is 0. The van der Waals surface area contributed by atoms with Crippen LogP contribution in [0.1, 0.15) is 31.2 Å². The lowest BCUT2D eigenvalue weighted by Crippen LogP contribution is -1.96. The number of nitrogens with two attached hydrogens (primary N) is 1. The second kappa shape index (κ2) is 3.42. The van der Waals surface area contributed by atoms with E-state index in [0.29, 0.717) is 12.5 Å². The van der Waals surface area contributed by atoms with E-state index < -0.39 is 0 Å². The molecule has 0 unspecified atom stereocenters. The van der Waals surface area contributed by atoms with E-state index in [2.05, 4.69) is 23.8 Å². The molecule has 14 heavy (non-hydrogen) atoms. The van der Waals surface area contributed by atoms with Crippen LogP contribution < -0.4 is 5.73 Å². The van der Waals surface area contributed by atoms with Crippen molar-refractivity contribution in [1.29, 1.82) is 0 Å². The molecule has 3 heteroatoms. The van der Waals surface area contributed by atoms with E-state index in [9.17, 15) is 0 Å². The van der Waals surface area contributed by atoms with Gasteiger partial charge in [0, 0.05) is 12.5 Å². The van der Waals surface area contributed by atoms with Gasteiger partial charge in [0.25, 0.3) is 0 Å². The number of para-hydroxylation sites is 1. The molecule has 3 N–H and O–H groups in total. The van der Waals surface area contributed by atoms with Crippen LogP contribution in [0.15, 0.2) is 18.2 Å². The highest BCUT2D eigenvalue weighted by Crippen LogP contribution is 2.19. The Balaban J connectivity index is 2.64. The molecule has 74 valence electrons. The predicted molar refractivity (Wildman–Crippen MR) is 58.1 cm³/mol. The van der Waals surface area contributed by atoms with Gasteiger partial charge < -0.3 is 10.7 Å². The molecule has 0 spiro atoms. The standard InChI is InChI=1S/C11H15N3/c1-7(2)11-13-9-5-3-4-8(6-12)10(9)14-11/h3-5,7H,6,12H2,1-2H3,(H,13,14). The van der Waals surface area contributed by atoms with E-state index in [-0.39, 0.29) is 0 Å². The Bertz CT molecular complexity index is 443. The van der Waals surface area contributed by atoms with Crippen molar-refractivity contribution in [3.8, 4) is 0 Å². The van der Waals surface area contributed by atoms with Gasteiger partial charge in [-0.1, -0.05) is 26.0 Å². The van der Waals surface area contributed by atoms with Crippen LogP contribution in [0.2, 0.25) is 0 Å². The Hall–Kier alpha value is -1.35. The highest BCUT2D eigenvalue weighted by molar-refractivity contribution is 5.78. The van der Waals surface area contributed by atoms with Crippen molar-refractivity contribution < 1.29 is 0 Å². The fourth-order valence-electron chi connectivity index (χ4n) is 1.55. The minimum Gasteiger partial charge on any atom is -0.342 e. The first-order valence-corrected chi connectivity index (χ1v) is 4.90. The molecular weight excluding hydrogens is 174 g/mol. The maximum atomic E-state index is 5.65. The lowest BCUT2D eigenvalue weighted by Gasteiger charge is -1.96. The molecule has 0 aliphatic heterocycles. The Morgan fingerprint density at radius 2 is 2.21 bits per heavy atom. The molecule has 3 nitrogen and oxygen atoms in total. The first-order chi connectivity index (χ1) is 6.72. The first kappa shape index (κ1) is 9.21. The predicted octanol–water partition coefficient (Wildman–Crippen LogP) is 2.15. The summed E-state index contributed by atoms with van der Waals surface area (Å²) in [5.41, 5.74) is 8.84. The summed E-state index contributed by atoms with van der Waals surface area (Å²) in [6.07, 6.45) is 0. The number of aromatic amines is 1. The molecule has 0 atom stereocenters. The summed E-state index contributed by atoms with van der Waals surface area (Å²) in [5, 5.41) is 0. The Labute approximate surface area is 83.3 Å². The fourth-order valence-corrected chi connectivity index (χ4v) is 1.55. The molecule has 1 aromatic carbocycles. The van der Waals surface area contributed by atoms with Gasteiger partial charge >= 0.3 is 0 Å². The number of fused-ring (bicyclic) bond motifs is 1. The van der Waals surface area contributed by atoms with E-state index >= 15 is 0 Å². The molecule has 0 fully saturated rings. The van der Waals surface area contributed by atoms with Gasteiger partial charge in [-0.05, 0) is 11.6 Å². The van der Waals surface area contributed by atoms with Gasteiger partial charge in [-0.3, -0.25) is 0 Å². The monoisotopic (exact) mass is 189 g/mol. The number of nitrogens with one attached hydrogen (secondary N) is 1. The molecule has 2 rings (SSSR count). The van der Waals surface area contributed by atoms with E-state index in [1.54, 1.807) is 0 Å². The third-order valence-corrected chi connectivity index (χ3v) is 2.38. The largest absolute Gasteiger partial charge is 0.342 e. The molecular formula is C11H15N3. The van der Waals surface area contributed by atoms with Crippen LogP contribution in [0, 0.1) is 0 Å². The molecule has 0 saturated heterocycles. The maximum absolute atomic E-state index is 5.65. The van der Waals surface area contributed by atoms with Crippen molar-refractivity contribution in [2.75, 3.05) is 0 Å². The van der Waals surface area contributed by atoms with Crippen molar-refractivity contribution in [2.24, 2.45) is 5.73 Å². The van der Waals surface area contributed by atoms with Gasteiger partial charge in [0.05, 0.1) is 11.0 Å².